The lowest BCUT2D eigenvalue weighted by atomic mass is 9.88. The maximum atomic E-state index is 9.40. The van der Waals surface area contributed by atoms with E-state index in [2.05, 4.69) is 26.1 Å². The molecular formula is C8H18NO+. The first-order valence-corrected chi connectivity index (χ1v) is 4.04. The number of hydrogen-bond acceptors (Lipinski definition) is 1. The third-order valence-corrected chi connectivity index (χ3v) is 2.14. The van der Waals surface area contributed by atoms with Gasteiger partial charge in [-0.3, -0.25) is 0 Å². The van der Waals surface area contributed by atoms with Crippen molar-refractivity contribution in [3.05, 3.63) is 0 Å². The summed E-state index contributed by atoms with van der Waals surface area (Å²) in [6.07, 6.45) is 1.80. The molecule has 0 unspecified atom stereocenters. The Kier molecular flexibility index (Phi) is 2.02. The lowest BCUT2D eigenvalue weighted by Gasteiger charge is -2.34. The second-order valence-electron chi connectivity index (χ2n) is 4.23. The number of nitrogens with two attached hydrogens (primary N) is 1. The van der Waals surface area contributed by atoms with Gasteiger partial charge in [0.2, 0.25) is 0 Å². The minimum Gasteiger partial charge on any atom is -0.393 e. The second kappa shape index (κ2) is 2.51. The van der Waals surface area contributed by atoms with E-state index < -0.39 is 0 Å². The Morgan fingerprint density at radius 3 is 2.50 bits per heavy atom. The number of piperidine rings is 1. The molecule has 0 aromatic carbocycles. The molecule has 0 saturated carbocycles. The molecular weight excluding hydrogens is 126 g/mol. The first-order chi connectivity index (χ1) is 4.49. The summed E-state index contributed by atoms with van der Waals surface area (Å²) >= 11 is 0. The fourth-order valence-electron chi connectivity index (χ4n) is 2.03. The Bertz CT molecular complexity index is 110. The van der Waals surface area contributed by atoms with Gasteiger partial charge in [0.15, 0.2) is 0 Å². The standard InChI is InChI=1S/C8H17NO/c1-6-4-7(10)5-8(2,3)9-6/h6-7,9-10H,4-5H2,1-3H3/p+1/t6-,7+/m0/s1. The molecule has 3 N–H and O–H groups in total. The van der Waals surface area contributed by atoms with E-state index in [4.69, 9.17) is 0 Å². The Morgan fingerprint density at radius 1 is 1.50 bits per heavy atom. The van der Waals surface area contributed by atoms with Crippen LogP contribution in [0.1, 0.15) is 33.6 Å². The molecule has 1 aliphatic heterocycles. The largest absolute Gasteiger partial charge is 0.393 e. The van der Waals surface area contributed by atoms with Crippen LogP contribution in [0.4, 0.5) is 0 Å². The molecule has 2 heteroatoms. The lowest BCUT2D eigenvalue weighted by molar-refractivity contribution is -0.759. The molecule has 2 nitrogen and oxygen atoms in total. The van der Waals surface area contributed by atoms with E-state index >= 15 is 0 Å². The number of rotatable bonds is 0. The van der Waals surface area contributed by atoms with E-state index in [1.165, 1.54) is 0 Å². The average Bonchev–Trinajstić information content (AvgIpc) is 1.54. The average molecular weight is 144 g/mol. The minimum atomic E-state index is -0.0741. The summed E-state index contributed by atoms with van der Waals surface area (Å²) in [5.41, 5.74) is 0.247. The first kappa shape index (κ1) is 8.02. The first-order valence-electron chi connectivity index (χ1n) is 4.04. The smallest absolute Gasteiger partial charge is 0.0931 e. The fraction of sp³-hybridized carbons (Fsp3) is 1.00. The predicted molar refractivity (Wildman–Crippen MR) is 40.7 cm³/mol. The highest BCUT2D eigenvalue weighted by atomic mass is 16.3. The Balaban J connectivity index is 2.51. The topological polar surface area (TPSA) is 36.8 Å². The SMILES string of the molecule is C[C@H]1C[C@@H](O)CC(C)(C)[NH2+]1. The summed E-state index contributed by atoms with van der Waals surface area (Å²) < 4.78 is 0. The molecule has 10 heavy (non-hydrogen) atoms. The zero-order valence-electron chi connectivity index (χ0n) is 7.09. The molecule has 1 fully saturated rings. The highest BCUT2D eigenvalue weighted by Gasteiger charge is 2.33. The van der Waals surface area contributed by atoms with Crippen LogP contribution in [0, 0.1) is 0 Å². The molecule has 0 amide bonds. The molecule has 1 saturated heterocycles. The number of aliphatic hydroxyl groups excluding tert-OH is 1. The molecule has 2 atom stereocenters. The zero-order chi connectivity index (χ0) is 7.78. The number of aliphatic hydroxyl groups is 1. The van der Waals surface area contributed by atoms with Crippen molar-refractivity contribution in [2.75, 3.05) is 0 Å². The van der Waals surface area contributed by atoms with Gasteiger partial charge in [0.1, 0.15) is 0 Å². The van der Waals surface area contributed by atoms with Crippen molar-refractivity contribution in [3.8, 4) is 0 Å². The van der Waals surface area contributed by atoms with Gasteiger partial charge in [-0.15, -0.1) is 0 Å². The molecule has 60 valence electrons. The molecule has 0 spiro atoms. The predicted octanol–water partition coefficient (Wildman–Crippen LogP) is -0.128. The Morgan fingerprint density at radius 2 is 2.10 bits per heavy atom. The van der Waals surface area contributed by atoms with Gasteiger partial charge >= 0.3 is 0 Å². The summed E-state index contributed by atoms with van der Waals surface area (Å²) in [5, 5.41) is 11.7. The molecule has 0 aromatic heterocycles. The number of hydrogen-bond donors (Lipinski definition) is 2. The van der Waals surface area contributed by atoms with Gasteiger partial charge in [-0.05, 0) is 20.8 Å². The maximum absolute atomic E-state index is 9.40. The van der Waals surface area contributed by atoms with Crippen LogP contribution >= 0.6 is 0 Å². The summed E-state index contributed by atoms with van der Waals surface area (Å²) in [5.74, 6) is 0. The molecule has 0 bridgehead atoms. The lowest BCUT2D eigenvalue weighted by Crippen LogP contribution is -3.01. The van der Waals surface area contributed by atoms with Crippen molar-refractivity contribution in [3.63, 3.8) is 0 Å². The monoisotopic (exact) mass is 144 g/mol. The van der Waals surface area contributed by atoms with Crippen LogP contribution < -0.4 is 5.32 Å². The summed E-state index contributed by atoms with van der Waals surface area (Å²) in [4.78, 5) is 0. The van der Waals surface area contributed by atoms with Crippen molar-refractivity contribution in [1.82, 2.24) is 0 Å². The van der Waals surface area contributed by atoms with Crippen LogP contribution in [0.15, 0.2) is 0 Å². The second-order valence-corrected chi connectivity index (χ2v) is 4.23. The van der Waals surface area contributed by atoms with Crippen LogP contribution in [0.3, 0.4) is 0 Å². The number of quaternary nitrogens is 1. The van der Waals surface area contributed by atoms with Crippen LogP contribution in [0.25, 0.3) is 0 Å². The van der Waals surface area contributed by atoms with Gasteiger partial charge < -0.3 is 10.4 Å². The molecule has 1 aliphatic rings. The molecule has 1 rings (SSSR count). The van der Waals surface area contributed by atoms with E-state index in [-0.39, 0.29) is 11.6 Å². The van der Waals surface area contributed by atoms with Crippen molar-refractivity contribution in [1.29, 1.82) is 0 Å². The summed E-state index contributed by atoms with van der Waals surface area (Å²) in [6.45, 7) is 6.54. The van der Waals surface area contributed by atoms with Crippen LogP contribution in [0.5, 0.6) is 0 Å². The fourth-order valence-corrected chi connectivity index (χ4v) is 2.03. The van der Waals surface area contributed by atoms with Gasteiger partial charge in [-0.25, -0.2) is 0 Å². The van der Waals surface area contributed by atoms with Crippen molar-refractivity contribution in [2.45, 2.75) is 51.3 Å². The third-order valence-electron chi connectivity index (χ3n) is 2.14. The van der Waals surface area contributed by atoms with E-state index in [0.29, 0.717) is 6.04 Å². The van der Waals surface area contributed by atoms with E-state index in [0.717, 1.165) is 12.8 Å². The van der Waals surface area contributed by atoms with Gasteiger partial charge in [0.05, 0.1) is 17.7 Å². The van der Waals surface area contributed by atoms with Crippen LogP contribution in [0.2, 0.25) is 0 Å². The molecule has 0 aromatic rings. The minimum absolute atomic E-state index is 0.0741. The molecule has 0 radical (unpaired) electrons. The van der Waals surface area contributed by atoms with Gasteiger partial charge in [-0.2, -0.15) is 0 Å². The van der Waals surface area contributed by atoms with Gasteiger partial charge in [-0.1, -0.05) is 0 Å². The van der Waals surface area contributed by atoms with Crippen molar-refractivity contribution < 1.29 is 10.4 Å². The Labute approximate surface area is 62.6 Å². The van der Waals surface area contributed by atoms with E-state index in [1.54, 1.807) is 0 Å². The van der Waals surface area contributed by atoms with Gasteiger partial charge in [0.25, 0.3) is 0 Å². The highest BCUT2D eigenvalue weighted by molar-refractivity contribution is 4.76. The zero-order valence-corrected chi connectivity index (χ0v) is 7.09. The molecule has 0 aliphatic carbocycles. The van der Waals surface area contributed by atoms with Crippen molar-refractivity contribution in [2.24, 2.45) is 0 Å². The van der Waals surface area contributed by atoms with E-state index in [1.807, 2.05) is 0 Å². The molecule has 1 heterocycles. The van der Waals surface area contributed by atoms with Gasteiger partial charge in [0, 0.05) is 12.8 Å². The normalized spacial score (nSPS) is 39.6. The van der Waals surface area contributed by atoms with E-state index in [9.17, 15) is 5.11 Å². The quantitative estimate of drug-likeness (QED) is 0.488. The maximum Gasteiger partial charge on any atom is 0.0931 e. The Hall–Kier alpha value is -0.0800. The van der Waals surface area contributed by atoms with Crippen LogP contribution in [-0.2, 0) is 0 Å². The summed E-state index contributed by atoms with van der Waals surface area (Å²) in [6, 6.07) is 0.582. The third kappa shape index (κ3) is 1.96. The summed E-state index contributed by atoms with van der Waals surface area (Å²) in [7, 11) is 0. The van der Waals surface area contributed by atoms with Crippen molar-refractivity contribution >= 4 is 0 Å². The highest BCUT2D eigenvalue weighted by Crippen LogP contribution is 2.14. The van der Waals surface area contributed by atoms with Crippen LogP contribution in [-0.4, -0.2) is 22.8 Å².